The van der Waals surface area contributed by atoms with E-state index in [2.05, 4.69) is 4.72 Å². The Bertz CT molecular complexity index is 691. The van der Waals surface area contributed by atoms with Crippen LogP contribution in [0.25, 0.3) is 0 Å². The summed E-state index contributed by atoms with van der Waals surface area (Å²) >= 11 is 0. The molecular formula is C16H18N2O3S. The van der Waals surface area contributed by atoms with Crippen molar-refractivity contribution < 1.29 is 13.2 Å². The summed E-state index contributed by atoms with van der Waals surface area (Å²) < 4.78 is 27.7. The van der Waals surface area contributed by atoms with E-state index < -0.39 is 22.2 Å². The molecule has 2 rings (SSSR count). The normalized spacial score (nSPS) is 11.4. The molecule has 2 aromatic rings. The van der Waals surface area contributed by atoms with E-state index in [4.69, 9.17) is 0 Å². The zero-order chi connectivity index (χ0) is 16.2. The second-order valence-corrected chi connectivity index (χ2v) is 6.50. The van der Waals surface area contributed by atoms with Gasteiger partial charge in [-0.15, -0.1) is 0 Å². The fraction of sp³-hybridized carbons (Fsp3) is 0.188. The number of nitrogens with one attached hydrogen (secondary N) is 1. The van der Waals surface area contributed by atoms with Gasteiger partial charge in [-0.1, -0.05) is 60.7 Å². The summed E-state index contributed by atoms with van der Waals surface area (Å²) in [4.78, 5) is 12.0. The number of hydrogen-bond donors (Lipinski definition) is 1. The van der Waals surface area contributed by atoms with Gasteiger partial charge in [0.1, 0.15) is 0 Å². The van der Waals surface area contributed by atoms with Crippen LogP contribution in [0.15, 0.2) is 60.7 Å². The van der Waals surface area contributed by atoms with Crippen LogP contribution in [-0.2, 0) is 15.0 Å². The zero-order valence-corrected chi connectivity index (χ0v) is 13.2. The minimum absolute atomic E-state index is 0.549. The predicted octanol–water partition coefficient (Wildman–Crippen LogP) is 2.09. The smallest absolute Gasteiger partial charge is 0.274 e. The SMILES string of the molecule is CNS(=O)(=O)N(C(C)=O)C(c1ccccc1)c1ccccc1. The third-order valence-electron chi connectivity index (χ3n) is 3.29. The van der Waals surface area contributed by atoms with Gasteiger partial charge in [-0.3, -0.25) is 4.79 Å². The molecule has 0 aliphatic carbocycles. The first-order chi connectivity index (χ1) is 10.5. The van der Waals surface area contributed by atoms with Crippen molar-refractivity contribution in [2.75, 3.05) is 7.05 Å². The van der Waals surface area contributed by atoms with Crippen molar-refractivity contribution in [1.82, 2.24) is 9.03 Å². The highest BCUT2D eigenvalue weighted by Crippen LogP contribution is 2.30. The van der Waals surface area contributed by atoms with Crippen molar-refractivity contribution in [3.63, 3.8) is 0 Å². The monoisotopic (exact) mass is 318 g/mol. The average molecular weight is 318 g/mol. The topological polar surface area (TPSA) is 66.5 Å². The standard InChI is InChI=1S/C16H18N2O3S/c1-13(19)18(22(20,21)17-2)16(14-9-5-3-6-10-14)15-11-7-4-8-12-15/h3-12,16-17H,1-2H3. The van der Waals surface area contributed by atoms with Gasteiger partial charge < -0.3 is 0 Å². The van der Waals surface area contributed by atoms with Crippen LogP contribution in [0.2, 0.25) is 0 Å². The molecule has 1 N–H and O–H groups in total. The Balaban J connectivity index is 2.65. The summed E-state index contributed by atoms with van der Waals surface area (Å²) in [7, 11) is -2.63. The molecule has 0 unspecified atom stereocenters. The van der Waals surface area contributed by atoms with E-state index in [9.17, 15) is 13.2 Å². The Morgan fingerprint density at radius 1 is 0.955 bits per heavy atom. The van der Waals surface area contributed by atoms with Gasteiger partial charge >= 0.3 is 10.2 Å². The summed E-state index contributed by atoms with van der Waals surface area (Å²) in [5.74, 6) is -0.549. The Kier molecular flexibility index (Phi) is 4.95. The molecule has 2 aromatic carbocycles. The van der Waals surface area contributed by atoms with Gasteiger partial charge in [-0.2, -0.15) is 8.42 Å². The summed E-state index contributed by atoms with van der Waals surface area (Å²) in [6.45, 7) is 1.24. The quantitative estimate of drug-likeness (QED) is 0.918. The van der Waals surface area contributed by atoms with E-state index in [1.54, 1.807) is 24.3 Å². The van der Waals surface area contributed by atoms with Crippen molar-refractivity contribution in [3.05, 3.63) is 71.8 Å². The minimum Gasteiger partial charge on any atom is -0.274 e. The lowest BCUT2D eigenvalue weighted by Gasteiger charge is -2.30. The lowest BCUT2D eigenvalue weighted by molar-refractivity contribution is -0.125. The predicted molar refractivity (Wildman–Crippen MR) is 85.2 cm³/mol. The number of benzene rings is 2. The molecule has 0 saturated heterocycles. The Hall–Kier alpha value is -2.18. The van der Waals surface area contributed by atoms with Crippen LogP contribution in [0.1, 0.15) is 24.1 Å². The number of hydrogen-bond acceptors (Lipinski definition) is 3. The first-order valence-electron chi connectivity index (χ1n) is 6.80. The largest absolute Gasteiger partial charge is 0.304 e. The van der Waals surface area contributed by atoms with Gasteiger partial charge in [0.15, 0.2) is 0 Å². The molecule has 0 aliphatic heterocycles. The number of amides is 1. The molecule has 0 atom stereocenters. The van der Waals surface area contributed by atoms with Crippen LogP contribution in [0.4, 0.5) is 0 Å². The van der Waals surface area contributed by atoms with E-state index in [1.165, 1.54) is 14.0 Å². The number of nitrogens with zero attached hydrogens (tertiary/aromatic N) is 1. The summed E-state index contributed by atoms with van der Waals surface area (Å²) in [5, 5.41) is 0. The lowest BCUT2D eigenvalue weighted by atomic mass is 9.99. The number of carbonyl (C=O) groups is 1. The highest BCUT2D eigenvalue weighted by molar-refractivity contribution is 7.87. The second-order valence-electron chi connectivity index (χ2n) is 4.75. The fourth-order valence-electron chi connectivity index (χ4n) is 2.32. The van der Waals surface area contributed by atoms with Gasteiger partial charge in [-0.25, -0.2) is 9.03 Å². The van der Waals surface area contributed by atoms with Crippen LogP contribution >= 0.6 is 0 Å². The Morgan fingerprint density at radius 2 is 1.36 bits per heavy atom. The van der Waals surface area contributed by atoms with Crippen molar-refractivity contribution in [1.29, 1.82) is 0 Å². The van der Waals surface area contributed by atoms with Gasteiger partial charge in [0.05, 0.1) is 6.04 Å². The molecule has 0 fully saturated rings. The van der Waals surface area contributed by atoms with Crippen molar-refractivity contribution in [3.8, 4) is 0 Å². The maximum absolute atomic E-state index is 12.3. The third-order valence-corrected chi connectivity index (χ3v) is 4.79. The van der Waals surface area contributed by atoms with Crippen LogP contribution in [-0.4, -0.2) is 25.7 Å². The Morgan fingerprint density at radius 3 is 1.68 bits per heavy atom. The molecule has 0 aliphatic rings. The molecule has 1 amide bonds. The maximum atomic E-state index is 12.3. The summed E-state index contributed by atoms with van der Waals surface area (Å²) in [6.07, 6.45) is 0. The van der Waals surface area contributed by atoms with E-state index >= 15 is 0 Å². The molecule has 0 saturated carbocycles. The third kappa shape index (κ3) is 3.35. The highest BCUT2D eigenvalue weighted by Gasteiger charge is 2.33. The number of carbonyl (C=O) groups excluding carboxylic acids is 1. The summed E-state index contributed by atoms with van der Waals surface area (Å²) in [6, 6.07) is 17.5. The van der Waals surface area contributed by atoms with Gasteiger partial charge in [-0.05, 0) is 11.1 Å². The first-order valence-corrected chi connectivity index (χ1v) is 8.24. The molecule has 0 radical (unpaired) electrons. The van der Waals surface area contributed by atoms with Crippen LogP contribution in [0.3, 0.4) is 0 Å². The minimum atomic E-state index is -3.92. The van der Waals surface area contributed by atoms with Crippen molar-refractivity contribution >= 4 is 16.1 Å². The molecule has 0 aromatic heterocycles. The van der Waals surface area contributed by atoms with Crippen LogP contribution in [0, 0.1) is 0 Å². The first kappa shape index (κ1) is 16.2. The van der Waals surface area contributed by atoms with Crippen LogP contribution in [0.5, 0.6) is 0 Å². The fourth-order valence-corrected chi connectivity index (χ4v) is 3.38. The zero-order valence-electron chi connectivity index (χ0n) is 12.4. The van der Waals surface area contributed by atoms with Crippen molar-refractivity contribution in [2.45, 2.75) is 13.0 Å². The molecule has 116 valence electrons. The molecule has 0 bridgehead atoms. The van der Waals surface area contributed by atoms with E-state index in [-0.39, 0.29) is 0 Å². The number of rotatable bonds is 5. The maximum Gasteiger partial charge on any atom is 0.304 e. The lowest BCUT2D eigenvalue weighted by Crippen LogP contribution is -2.44. The molecule has 0 spiro atoms. The molecule has 5 nitrogen and oxygen atoms in total. The molecular weight excluding hydrogens is 300 g/mol. The second kappa shape index (κ2) is 6.72. The van der Waals surface area contributed by atoms with Gasteiger partial charge in [0.2, 0.25) is 5.91 Å². The van der Waals surface area contributed by atoms with E-state index in [0.717, 1.165) is 15.4 Å². The molecule has 0 heterocycles. The van der Waals surface area contributed by atoms with Crippen LogP contribution < -0.4 is 4.72 Å². The van der Waals surface area contributed by atoms with Gasteiger partial charge in [0.25, 0.3) is 0 Å². The molecule has 6 heteroatoms. The average Bonchev–Trinajstić information content (AvgIpc) is 2.53. The van der Waals surface area contributed by atoms with E-state index in [1.807, 2.05) is 36.4 Å². The van der Waals surface area contributed by atoms with E-state index in [0.29, 0.717) is 0 Å². The van der Waals surface area contributed by atoms with Crippen molar-refractivity contribution in [2.24, 2.45) is 0 Å². The Labute approximate surface area is 130 Å². The van der Waals surface area contributed by atoms with Gasteiger partial charge in [0, 0.05) is 14.0 Å². The highest BCUT2D eigenvalue weighted by atomic mass is 32.2. The molecule has 22 heavy (non-hydrogen) atoms. The summed E-state index contributed by atoms with van der Waals surface area (Å²) in [5.41, 5.74) is 1.45.